The fraction of sp³-hybridized carbons (Fsp3) is 0.478. The molecule has 1 aromatic heterocycles. The maximum absolute atomic E-state index is 13.4. The number of nitrogens with zero attached hydrogens (tertiary/aromatic N) is 1. The number of nitrogens with one attached hydrogen (secondary N) is 2. The van der Waals surface area contributed by atoms with E-state index in [1.54, 1.807) is 18.4 Å². The highest BCUT2D eigenvalue weighted by Crippen LogP contribution is 2.38. The molecule has 1 aromatic carbocycles. The number of fused-ring (bicyclic) bond motifs is 1. The molecule has 2 N–H and O–H groups in total. The third-order valence-corrected chi connectivity index (χ3v) is 6.93. The largest absolute Gasteiger partial charge is 0.495 e. The second kappa shape index (κ2) is 10.3. The number of carbonyl (C=O) groups is 2. The summed E-state index contributed by atoms with van der Waals surface area (Å²) in [7, 11) is 1.58. The summed E-state index contributed by atoms with van der Waals surface area (Å²) in [6.45, 7) is 3.09. The van der Waals surface area contributed by atoms with E-state index in [4.69, 9.17) is 9.47 Å². The fourth-order valence-corrected chi connectivity index (χ4v) is 5.44. The third-order valence-electron chi connectivity index (χ3n) is 5.73. The van der Waals surface area contributed by atoms with Gasteiger partial charge in [-0.3, -0.25) is 14.5 Å². The number of anilines is 2. The van der Waals surface area contributed by atoms with Crippen LogP contribution in [0.2, 0.25) is 0 Å². The quantitative estimate of drug-likeness (QED) is 0.668. The van der Waals surface area contributed by atoms with Gasteiger partial charge >= 0.3 is 0 Å². The van der Waals surface area contributed by atoms with Gasteiger partial charge in [0, 0.05) is 18.0 Å². The molecule has 1 fully saturated rings. The molecular weight excluding hydrogens is 414 g/mol. The standard InChI is InChI=1S/C23H29N3O4S/c1-29-18-9-6-5-8-17(18)24-22(28)21-16-7-3-2-4-10-19(16)31-23(21)25-20(27)15-26-11-13-30-14-12-26/h5-6,8-9H,2-4,7,10-15H2,1H3,(H,24,28)(H,25,27). The molecule has 0 saturated carbocycles. The zero-order chi connectivity index (χ0) is 21.6. The summed E-state index contributed by atoms with van der Waals surface area (Å²) in [5.41, 5.74) is 2.30. The predicted molar refractivity (Wildman–Crippen MR) is 122 cm³/mol. The van der Waals surface area contributed by atoms with Crippen molar-refractivity contribution in [1.29, 1.82) is 0 Å². The first kappa shape index (κ1) is 21.8. The number of para-hydroxylation sites is 2. The molecule has 7 nitrogen and oxygen atoms in total. The third kappa shape index (κ3) is 5.26. The summed E-state index contributed by atoms with van der Waals surface area (Å²) in [6, 6.07) is 7.35. The lowest BCUT2D eigenvalue weighted by Crippen LogP contribution is -2.41. The molecule has 0 bridgehead atoms. The predicted octanol–water partition coefficient (Wildman–Crippen LogP) is 3.55. The minimum Gasteiger partial charge on any atom is -0.495 e. The maximum Gasteiger partial charge on any atom is 0.259 e. The van der Waals surface area contributed by atoms with Crippen molar-refractivity contribution in [2.24, 2.45) is 0 Å². The Kier molecular flexibility index (Phi) is 7.21. The molecule has 2 aliphatic rings. The van der Waals surface area contributed by atoms with Crippen LogP contribution in [0.25, 0.3) is 0 Å². The van der Waals surface area contributed by atoms with E-state index >= 15 is 0 Å². The highest BCUT2D eigenvalue weighted by atomic mass is 32.1. The molecule has 8 heteroatoms. The molecule has 1 saturated heterocycles. The number of aryl methyl sites for hydroxylation is 1. The van der Waals surface area contributed by atoms with Crippen LogP contribution in [0.4, 0.5) is 10.7 Å². The minimum atomic E-state index is -0.203. The summed E-state index contributed by atoms with van der Waals surface area (Å²) in [4.78, 5) is 29.4. The van der Waals surface area contributed by atoms with Crippen LogP contribution in [0.1, 0.15) is 40.1 Å². The van der Waals surface area contributed by atoms with Gasteiger partial charge in [-0.1, -0.05) is 18.6 Å². The Morgan fingerprint density at radius 3 is 2.68 bits per heavy atom. The lowest BCUT2D eigenvalue weighted by molar-refractivity contribution is -0.118. The van der Waals surface area contributed by atoms with Crippen molar-refractivity contribution < 1.29 is 19.1 Å². The average Bonchev–Trinajstić information content (AvgIpc) is 2.95. The number of hydrogen-bond acceptors (Lipinski definition) is 6. The first-order valence-corrected chi connectivity index (χ1v) is 11.7. The Morgan fingerprint density at radius 1 is 1.10 bits per heavy atom. The van der Waals surface area contributed by atoms with E-state index in [1.165, 1.54) is 4.88 Å². The van der Waals surface area contributed by atoms with E-state index in [-0.39, 0.29) is 11.8 Å². The molecule has 0 radical (unpaired) electrons. The monoisotopic (exact) mass is 443 g/mol. The van der Waals surface area contributed by atoms with Gasteiger partial charge in [-0.2, -0.15) is 0 Å². The van der Waals surface area contributed by atoms with Gasteiger partial charge in [-0.25, -0.2) is 0 Å². The Bertz CT molecular complexity index is 937. The van der Waals surface area contributed by atoms with E-state index in [2.05, 4.69) is 15.5 Å². The zero-order valence-electron chi connectivity index (χ0n) is 17.9. The molecule has 1 aliphatic carbocycles. The van der Waals surface area contributed by atoms with Crippen molar-refractivity contribution in [3.63, 3.8) is 0 Å². The Labute approximate surface area is 186 Å². The van der Waals surface area contributed by atoms with Crippen LogP contribution in [-0.4, -0.2) is 56.7 Å². The van der Waals surface area contributed by atoms with Crippen LogP contribution >= 0.6 is 11.3 Å². The molecule has 0 unspecified atom stereocenters. The highest BCUT2D eigenvalue weighted by molar-refractivity contribution is 7.17. The lowest BCUT2D eigenvalue weighted by Gasteiger charge is -2.25. The first-order chi connectivity index (χ1) is 15.2. The topological polar surface area (TPSA) is 79.9 Å². The number of ether oxygens (including phenoxy) is 2. The molecule has 2 amide bonds. The zero-order valence-corrected chi connectivity index (χ0v) is 18.7. The average molecular weight is 444 g/mol. The van der Waals surface area contributed by atoms with E-state index in [1.807, 2.05) is 24.3 Å². The van der Waals surface area contributed by atoms with Crippen molar-refractivity contribution in [2.75, 3.05) is 50.6 Å². The summed E-state index contributed by atoms with van der Waals surface area (Å²) in [5, 5.41) is 6.68. The van der Waals surface area contributed by atoms with Gasteiger partial charge in [0.25, 0.3) is 5.91 Å². The van der Waals surface area contributed by atoms with E-state index in [0.717, 1.165) is 50.8 Å². The summed E-state index contributed by atoms with van der Waals surface area (Å²) < 4.78 is 10.7. The van der Waals surface area contributed by atoms with Crippen LogP contribution < -0.4 is 15.4 Å². The van der Waals surface area contributed by atoms with Crippen LogP contribution in [-0.2, 0) is 22.4 Å². The van der Waals surface area contributed by atoms with Gasteiger partial charge in [0.05, 0.1) is 38.1 Å². The number of amides is 2. The molecule has 166 valence electrons. The fourth-order valence-electron chi connectivity index (χ4n) is 4.13. The molecule has 2 aromatic rings. The second-order valence-corrected chi connectivity index (χ2v) is 8.96. The van der Waals surface area contributed by atoms with Gasteiger partial charge in [-0.05, 0) is 43.4 Å². The maximum atomic E-state index is 13.4. The van der Waals surface area contributed by atoms with Crippen molar-refractivity contribution in [1.82, 2.24) is 4.90 Å². The Hall–Kier alpha value is -2.42. The van der Waals surface area contributed by atoms with Gasteiger partial charge in [0.2, 0.25) is 5.91 Å². The van der Waals surface area contributed by atoms with Crippen molar-refractivity contribution in [2.45, 2.75) is 32.1 Å². The summed E-state index contributed by atoms with van der Waals surface area (Å²) in [6.07, 6.45) is 5.14. The number of rotatable bonds is 6. The molecule has 1 aliphatic heterocycles. The van der Waals surface area contributed by atoms with Crippen LogP contribution in [0.5, 0.6) is 5.75 Å². The smallest absolute Gasteiger partial charge is 0.259 e. The number of thiophene rings is 1. The number of methoxy groups -OCH3 is 1. The Balaban J connectivity index is 1.58. The number of carbonyl (C=O) groups excluding carboxylic acids is 2. The lowest BCUT2D eigenvalue weighted by atomic mass is 10.0. The van der Waals surface area contributed by atoms with Gasteiger partial charge in [-0.15, -0.1) is 11.3 Å². The summed E-state index contributed by atoms with van der Waals surface area (Å²) >= 11 is 1.55. The van der Waals surface area contributed by atoms with Gasteiger partial charge in [0.15, 0.2) is 0 Å². The van der Waals surface area contributed by atoms with Crippen LogP contribution in [0, 0.1) is 0 Å². The highest BCUT2D eigenvalue weighted by Gasteiger charge is 2.27. The van der Waals surface area contributed by atoms with Crippen molar-refractivity contribution >= 4 is 33.8 Å². The van der Waals surface area contributed by atoms with E-state index in [0.29, 0.717) is 41.8 Å². The second-order valence-electron chi connectivity index (χ2n) is 7.86. The minimum absolute atomic E-state index is 0.0929. The molecule has 4 rings (SSSR count). The van der Waals surface area contributed by atoms with Crippen LogP contribution in [0.15, 0.2) is 24.3 Å². The number of benzene rings is 1. The SMILES string of the molecule is COc1ccccc1NC(=O)c1c(NC(=O)CN2CCOCC2)sc2c1CCCCC2. The number of morpholine rings is 1. The molecular formula is C23H29N3O4S. The molecule has 0 spiro atoms. The van der Waals surface area contributed by atoms with Crippen LogP contribution in [0.3, 0.4) is 0 Å². The first-order valence-electron chi connectivity index (χ1n) is 10.8. The van der Waals surface area contributed by atoms with Crippen molar-refractivity contribution in [3.8, 4) is 5.75 Å². The van der Waals surface area contributed by atoms with E-state index < -0.39 is 0 Å². The van der Waals surface area contributed by atoms with Gasteiger partial charge in [0.1, 0.15) is 10.8 Å². The molecule has 2 heterocycles. The number of hydrogen-bond donors (Lipinski definition) is 2. The molecule has 0 atom stereocenters. The van der Waals surface area contributed by atoms with Gasteiger partial charge < -0.3 is 20.1 Å². The van der Waals surface area contributed by atoms with Crippen molar-refractivity contribution in [3.05, 3.63) is 40.3 Å². The van der Waals surface area contributed by atoms with E-state index in [9.17, 15) is 9.59 Å². The normalized spacial score (nSPS) is 16.8. The summed E-state index contributed by atoms with van der Waals surface area (Å²) in [5.74, 6) is 0.310. The Morgan fingerprint density at radius 2 is 1.87 bits per heavy atom. The molecule has 31 heavy (non-hydrogen) atoms.